The molecule has 0 aliphatic carbocycles. The zero-order valence-electron chi connectivity index (χ0n) is 16.8. The molecule has 0 fully saturated rings. The van der Waals surface area contributed by atoms with Crippen molar-refractivity contribution in [3.8, 4) is 23.0 Å². The lowest BCUT2D eigenvalue weighted by Crippen LogP contribution is -2.41. The number of carbonyl (C=O) groups is 1. The summed E-state index contributed by atoms with van der Waals surface area (Å²) >= 11 is 0. The second kappa shape index (κ2) is 9.57. The number of amides is 1. The van der Waals surface area contributed by atoms with Crippen molar-refractivity contribution in [3.05, 3.63) is 42.5 Å². The molecule has 3 rings (SSSR count). The fraction of sp³-hybridized carbons (Fsp3) is 0.350. The Bertz CT molecular complexity index is 994. The fourth-order valence-corrected chi connectivity index (χ4v) is 3.67. The van der Waals surface area contributed by atoms with Gasteiger partial charge in [-0.3, -0.25) is 9.10 Å². The SMILES string of the molecule is COc1cccc(OCCNC(=O)CN(c2ccc3c(c2)OCCO3)S(C)(=O)=O)c1. The molecule has 0 aromatic heterocycles. The lowest BCUT2D eigenvalue weighted by Gasteiger charge is -2.24. The van der Waals surface area contributed by atoms with E-state index in [1.807, 2.05) is 0 Å². The molecule has 1 N–H and O–H groups in total. The second-order valence-electron chi connectivity index (χ2n) is 6.47. The van der Waals surface area contributed by atoms with Crippen molar-refractivity contribution in [3.63, 3.8) is 0 Å². The van der Waals surface area contributed by atoms with E-state index in [2.05, 4.69) is 5.32 Å². The molecule has 0 atom stereocenters. The van der Waals surface area contributed by atoms with Gasteiger partial charge in [0.2, 0.25) is 15.9 Å². The Morgan fingerprint density at radius 2 is 1.83 bits per heavy atom. The highest BCUT2D eigenvalue weighted by Crippen LogP contribution is 2.34. The molecule has 1 aliphatic heterocycles. The van der Waals surface area contributed by atoms with Gasteiger partial charge >= 0.3 is 0 Å². The van der Waals surface area contributed by atoms with Crippen LogP contribution in [0.4, 0.5) is 5.69 Å². The molecule has 0 saturated heterocycles. The maximum Gasteiger partial charge on any atom is 0.240 e. The maximum absolute atomic E-state index is 12.3. The van der Waals surface area contributed by atoms with Gasteiger partial charge in [0, 0.05) is 12.1 Å². The summed E-state index contributed by atoms with van der Waals surface area (Å²) in [6, 6.07) is 11.9. The summed E-state index contributed by atoms with van der Waals surface area (Å²) in [5.74, 6) is 1.80. The van der Waals surface area contributed by atoms with Gasteiger partial charge in [0.05, 0.1) is 25.6 Å². The number of hydrogen-bond donors (Lipinski definition) is 1. The number of hydrogen-bond acceptors (Lipinski definition) is 7. The van der Waals surface area contributed by atoms with Crippen LogP contribution in [0, 0.1) is 0 Å². The summed E-state index contributed by atoms with van der Waals surface area (Å²) in [6.07, 6.45) is 1.04. The summed E-state index contributed by atoms with van der Waals surface area (Å²) in [7, 11) is -2.13. The largest absolute Gasteiger partial charge is 0.497 e. The van der Waals surface area contributed by atoms with E-state index in [9.17, 15) is 13.2 Å². The third-order valence-electron chi connectivity index (χ3n) is 4.24. The fourth-order valence-electron chi connectivity index (χ4n) is 2.82. The van der Waals surface area contributed by atoms with Crippen LogP contribution in [0.2, 0.25) is 0 Å². The van der Waals surface area contributed by atoms with Crippen LogP contribution in [0.15, 0.2) is 42.5 Å². The minimum atomic E-state index is -3.69. The standard InChI is InChI=1S/C20H24N2O7S/c1-26-16-4-3-5-17(13-16)27-9-8-21-20(23)14-22(30(2,24)25)15-6-7-18-19(12-15)29-11-10-28-18/h3-7,12-13H,8-11,14H2,1-2H3,(H,21,23). The smallest absolute Gasteiger partial charge is 0.240 e. The minimum Gasteiger partial charge on any atom is -0.497 e. The van der Waals surface area contributed by atoms with Gasteiger partial charge in [-0.05, 0) is 24.3 Å². The first-order valence-corrected chi connectivity index (χ1v) is 11.1. The van der Waals surface area contributed by atoms with Gasteiger partial charge in [0.15, 0.2) is 11.5 Å². The Hall–Kier alpha value is -3.14. The van der Waals surface area contributed by atoms with E-state index in [1.54, 1.807) is 49.6 Å². The Balaban J connectivity index is 1.57. The van der Waals surface area contributed by atoms with Gasteiger partial charge in [0.1, 0.15) is 37.9 Å². The first-order chi connectivity index (χ1) is 14.4. The Labute approximate surface area is 175 Å². The monoisotopic (exact) mass is 436 g/mol. The molecular weight excluding hydrogens is 412 g/mol. The third-order valence-corrected chi connectivity index (χ3v) is 5.38. The van der Waals surface area contributed by atoms with Crippen LogP contribution in [-0.4, -0.2) is 60.6 Å². The number of nitrogens with one attached hydrogen (secondary N) is 1. The number of carbonyl (C=O) groups excluding carboxylic acids is 1. The topological polar surface area (TPSA) is 103 Å². The average molecular weight is 436 g/mol. The molecule has 0 bridgehead atoms. The molecule has 9 nitrogen and oxygen atoms in total. The van der Waals surface area contributed by atoms with Crippen molar-refractivity contribution in [1.29, 1.82) is 0 Å². The van der Waals surface area contributed by atoms with Crippen LogP contribution >= 0.6 is 0 Å². The molecule has 1 amide bonds. The predicted molar refractivity (Wildman–Crippen MR) is 111 cm³/mol. The Morgan fingerprint density at radius 1 is 1.10 bits per heavy atom. The Morgan fingerprint density at radius 3 is 2.57 bits per heavy atom. The summed E-state index contributed by atoms with van der Waals surface area (Å²) in [6.45, 7) is 0.889. The molecule has 162 valence electrons. The maximum atomic E-state index is 12.3. The molecule has 1 aliphatic rings. The molecular formula is C20H24N2O7S. The average Bonchev–Trinajstić information content (AvgIpc) is 2.74. The van der Waals surface area contributed by atoms with E-state index >= 15 is 0 Å². The molecule has 0 spiro atoms. The van der Waals surface area contributed by atoms with Gasteiger partial charge in [-0.2, -0.15) is 0 Å². The van der Waals surface area contributed by atoms with Crippen molar-refractivity contribution in [2.45, 2.75) is 0 Å². The number of nitrogens with zero attached hydrogens (tertiary/aromatic N) is 1. The molecule has 0 unspecified atom stereocenters. The van der Waals surface area contributed by atoms with E-state index in [1.165, 1.54) is 0 Å². The quantitative estimate of drug-likeness (QED) is 0.593. The number of sulfonamides is 1. The van der Waals surface area contributed by atoms with Crippen LogP contribution in [-0.2, 0) is 14.8 Å². The second-order valence-corrected chi connectivity index (χ2v) is 8.38. The number of benzene rings is 2. The van der Waals surface area contributed by atoms with Gasteiger partial charge in [-0.15, -0.1) is 0 Å². The predicted octanol–water partition coefficient (Wildman–Crippen LogP) is 1.43. The van der Waals surface area contributed by atoms with E-state index in [-0.39, 0.29) is 19.7 Å². The van der Waals surface area contributed by atoms with Crippen molar-refractivity contribution in [2.75, 3.05) is 50.6 Å². The molecule has 10 heteroatoms. The molecule has 2 aromatic carbocycles. The zero-order chi connectivity index (χ0) is 21.6. The zero-order valence-corrected chi connectivity index (χ0v) is 17.6. The highest BCUT2D eigenvalue weighted by Gasteiger charge is 2.23. The highest BCUT2D eigenvalue weighted by molar-refractivity contribution is 7.92. The van der Waals surface area contributed by atoms with Crippen molar-refractivity contribution in [2.24, 2.45) is 0 Å². The summed E-state index contributed by atoms with van der Waals surface area (Å²) in [5.41, 5.74) is 0.324. The summed E-state index contributed by atoms with van der Waals surface area (Å²) in [4.78, 5) is 12.3. The lowest BCUT2D eigenvalue weighted by atomic mass is 10.2. The van der Waals surface area contributed by atoms with E-state index < -0.39 is 15.9 Å². The van der Waals surface area contributed by atoms with Gasteiger partial charge in [-0.1, -0.05) is 6.07 Å². The summed E-state index contributed by atoms with van der Waals surface area (Å²) in [5, 5.41) is 2.66. The molecule has 0 saturated carbocycles. The van der Waals surface area contributed by atoms with Crippen LogP contribution in [0.25, 0.3) is 0 Å². The normalized spacial score (nSPS) is 12.7. The number of methoxy groups -OCH3 is 1. The van der Waals surface area contributed by atoms with Crippen molar-refractivity contribution >= 4 is 21.6 Å². The third kappa shape index (κ3) is 5.69. The molecule has 30 heavy (non-hydrogen) atoms. The molecule has 1 heterocycles. The van der Waals surface area contributed by atoms with E-state index in [0.29, 0.717) is 41.9 Å². The minimum absolute atomic E-state index is 0.217. The van der Waals surface area contributed by atoms with Crippen molar-refractivity contribution < 1.29 is 32.2 Å². The number of ether oxygens (including phenoxy) is 4. The van der Waals surface area contributed by atoms with Crippen molar-refractivity contribution in [1.82, 2.24) is 5.32 Å². The van der Waals surface area contributed by atoms with Crippen LogP contribution in [0.3, 0.4) is 0 Å². The number of rotatable bonds is 9. The summed E-state index contributed by atoms with van der Waals surface area (Å²) < 4.78 is 47.1. The molecule has 0 radical (unpaired) electrons. The van der Waals surface area contributed by atoms with E-state index in [4.69, 9.17) is 18.9 Å². The number of fused-ring (bicyclic) bond motifs is 1. The van der Waals surface area contributed by atoms with Gasteiger partial charge in [-0.25, -0.2) is 8.42 Å². The van der Waals surface area contributed by atoms with E-state index in [0.717, 1.165) is 10.6 Å². The highest BCUT2D eigenvalue weighted by atomic mass is 32.2. The first kappa shape index (κ1) is 21.6. The van der Waals surface area contributed by atoms with Crippen LogP contribution in [0.1, 0.15) is 0 Å². The first-order valence-electron chi connectivity index (χ1n) is 9.28. The Kier molecular flexibility index (Phi) is 6.88. The lowest BCUT2D eigenvalue weighted by molar-refractivity contribution is -0.119. The van der Waals surface area contributed by atoms with Crippen LogP contribution < -0.4 is 28.6 Å². The van der Waals surface area contributed by atoms with Gasteiger partial charge in [0.25, 0.3) is 0 Å². The number of anilines is 1. The van der Waals surface area contributed by atoms with Gasteiger partial charge < -0.3 is 24.3 Å². The van der Waals surface area contributed by atoms with Crippen LogP contribution in [0.5, 0.6) is 23.0 Å². The molecule has 2 aromatic rings.